The molecule has 0 aromatic heterocycles. The molecule has 4 rings (SSSR count). The van der Waals surface area contributed by atoms with Gasteiger partial charge in [-0.05, 0) is 43.2 Å². The smallest absolute Gasteiger partial charge is 0.305 e. The van der Waals surface area contributed by atoms with Gasteiger partial charge < -0.3 is 24.2 Å². The third kappa shape index (κ3) is 4.95. The summed E-state index contributed by atoms with van der Waals surface area (Å²) in [4.78, 5) is 25.9. The maximum atomic E-state index is 13.3. The van der Waals surface area contributed by atoms with Crippen molar-refractivity contribution in [3.05, 3.63) is 48.0 Å². The van der Waals surface area contributed by atoms with Crippen LogP contribution >= 0.6 is 0 Å². The minimum atomic E-state index is -3.92. The van der Waals surface area contributed by atoms with Gasteiger partial charge in [0.1, 0.15) is 24.2 Å². The number of benzene rings is 2. The number of hydrogen-bond acceptors (Lipinski definition) is 7. The number of sulfonamides is 1. The number of carboxylic acids is 1. The molecule has 34 heavy (non-hydrogen) atoms. The van der Waals surface area contributed by atoms with E-state index in [0.717, 1.165) is 0 Å². The van der Waals surface area contributed by atoms with E-state index in [1.165, 1.54) is 37.4 Å². The van der Waals surface area contributed by atoms with Gasteiger partial charge in [-0.1, -0.05) is 6.07 Å². The molecule has 0 unspecified atom stereocenters. The molecule has 1 amide bonds. The Hall–Kier alpha value is -3.31. The van der Waals surface area contributed by atoms with Crippen LogP contribution in [0.4, 0.5) is 5.69 Å². The normalized spacial score (nSPS) is 22.5. The van der Waals surface area contributed by atoms with Gasteiger partial charge in [0.25, 0.3) is 15.9 Å². The van der Waals surface area contributed by atoms with Gasteiger partial charge >= 0.3 is 5.97 Å². The zero-order valence-corrected chi connectivity index (χ0v) is 19.6. The predicted octanol–water partition coefficient (Wildman–Crippen LogP) is 2.35. The average molecular weight is 491 g/mol. The van der Waals surface area contributed by atoms with Crippen LogP contribution in [0.5, 0.6) is 11.5 Å². The summed E-state index contributed by atoms with van der Waals surface area (Å²) in [7, 11) is -0.814. The third-order valence-electron chi connectivity index (χ3n) is 6.02. The van der Waals surface area contributed by atoms with E-state index in [1.807, 2.05) is 0 Å². The summed E-state index contributed by atoms with van der Waals surface area (Å²) < 4.78 is 45.1. The van der Waals surface area contributed by atoms with Gasteiger partial charge in [-0.2, -0.15) is 0 Å². The van der Waals surface area contributed by atoms with Crippen molar-refractivity contribution in [1.29, 1.82) is 0 Å². The molecule has 11 heteroatoms. The van der Waals surface area contributed by atoms with E-state index in [9.17, 15) is 18.0 Å². The summed E-state index contributed by atoms with van der Waals surface area (Å²) in [6.45, 7) is 0.139. The molecule has 0 saturated carbocycles. The monoisotopic (exact) mass is 490 g/mol. The fraction of sp³-hybridized carbons (Fsp3) is 0.391. The summed E-state index contributed by atoms with van der Waals surface area (Å²) in [6, 6.07) is 10.3. The van der Waals surface area contributed by atoms with E-state index >= 15 is 0 Å². The maximum Gasteiger partial charge on any atom is 0.305 e. The molecule has 0 spiro atoms. The fourth-order valence-corrected chi connectivity index (χ4v) is 5.35. The molecule has 2 aromatic carbocycles. The fourth-order valence-electron chi connectivity index (χ4n) is 4.27. The number of anilines is 1. The van der Waals surface area contributed by atoms with Crippen molar-refractivity contribution < 1.29 is 37.3 Å². The highest BCUT2D eigenvalue weighted by molar-refractivity contribution is 7.92. The van der Waals surface area contributed by atoms with E-state index < -0.39 is 28.2 Å². The minimum absolute atomic E-state index is 0.0244. The van der Waals surface area contributed by atoms with Crippen LogP contribution in [0.3, 0.4) is 0 Å². The van der Waals surface area contributed by atoms with E-state index in [2.05, 4.69) is 4.72 Å². The van der Waals surface area contributed by atoms with Crippen LogP contribution < -0.4 is 14.2 Å². The lowest BCUT2D eigenvalue weighted by molar-refractivity contribution is -0.148. The molecule has 10 nitrogen and oxygen atoms in total. The molecule has 0 radical (unpaired) electrons. The summed E-state index contributed by atoms with van der Waals surface area (Å²) in [6.07, 6.45) is 0.0859. The minimum Gasteiger partial charge on any atom is -0.497 e. The molecule has 0 bridgehead atoms. The van der Waals surface area contributed by atoms with Crippen molar-refractivity contribution in [1.82, 2.24) is 4.90 Å². The summed E-state index contributed by atoms with van der Waals surface area (Å²) in [5, 5.41) is 9.06. The van der Waals surface area contributed by atoms with Crippen molar-refractivity contribution in [3.63, 3.8) is 0 Å². The van der Waals surface area contributed by atoms with E-state index in [4.69, 9.17) is 19.3 Å². The molecular formula is C23H26N2O8S. The number of nitrogens with one attached hydrogen (secondary N) is 1. The summed E-state index contributed by atoms with van der Waals surface area (Å²) in [5.41, 5.74) is 0.435. The number of fused-ring (bicyclic) bond motifs is 2. The SMILES string of the molecule is COc1cccc(S(=O)(=O)Nc2ccc3c(c2)C(=O)N(C)[C@@H]2CC[C@H](CC(=O)O)O[C@@H]2CO3)c1. The standard InChI is InChI=1S/C23H26N2O8S/c1-25-19-8-7-16(12-22(26)27)33-21(19)13-32-20-9-6-14(10-18(20)23(25)28)24-34(29,30)17-5-3-4-15(11-17)31-2/h3-6,9-11,16,19,21,24H,7-8,12-13H2,1-2H3,(H,26,27)/t16-,19-,21-/m1/s1. The van der Waals surface area contributed by atoms with Crippen LogP contribution in [0.2, 0.25) is 0 Å². The van der Waals surface area contributed by atoms with E-state index in [1.54, 1.807) is 24.1 Å². The first-order chi connectivity index (χ1) is 16.2. The molecule has 182 valence electrons. The zero-order valence-electron chi connectivity index (χ0n) is 18.8. The number of methoxy groups -OCH3 is 1. The Morgan fingerprint density at radius 1 is 1.24 bits per heavy atom. The van der Waals surface area contributed by atoms with Gasteiger partial charge in [0.2, 0.25) is 0 Å². The Labute approximate surface area is 197 Å². The second-order valence-corrected chi connectivity index (χ2v) is 9.94. The molecular weight excluding hydrogens is 464 g/mol. The van der Waals surface area contributed by atoms with Gasteiger partial charge in [0.15, 0.2) is 0 Å². The lowest BCUT2D eigenvalue weighted by Crippen LogP contribution is -2.53. The highest BCUT2D eigenvalue weighted by Crippen LogP contribution is 2.33. The van der Waals surface area contributed by atoms with Crippen molar-refractivity contribution >= 4 is 27.6 Å². The second kappa shape index (κ2) is 9.51. The van der Waals surface area contributed by atoms with Crippen molar-refractivity contribution in [2.75, 3.05) is 25.5 Å². The third-order valence-corrected chi connectivity index (χ3v) is 7.40. The first-order valence-corrected chi connectivity index (χ1v) is 12.2. The topological polar surface area (TPSA) is 131 Å². The van der Waals surface area contributed by atoms with Crippen LogP contribution in [0, 0.1) is 0 Å². The zero-order chi connectivity index (χ0) is 24.5. The number of rotatable bonds is 6. The average Bonchev–Trinajstić information content (AvgIpc) is 2.81. The number of likely N-dealkylation sites (N-methyl/N-ethyl adjacent to an activating group) is 1. The summed E-state index contributed by atoms with van der Waals surface area (Å²) in [5.74, 6) is -0.578. The Bertz CT molecular complexity index is 1200. The van der Waals surface area contributed by atoms with Crippen molar-refractivity contribution in [2.45, 2.75) is 42.4 Å². The molecule has 0 aliphatic carbocycles. The predicted molar refractivity (Wildman–Crippen MR) is 122 cm³/mol. The van der Waals surface area contributed by atoms with E-state index in [-0.39, 0.29) is 41.1 Å². The molecule has 3 atom stereocenters. The largest absolute Gasteiger partial charge is 0.497 e. The van der Waals surface area contributed by atoms with E-state index in [0.29, 0.717) is 24.3 Å². The maximum absolute atomic E-state index is 13.3. The Balaban J connectivity index is 1.57. The lowest BCUT2D eigenvalue weighted by atomic mass is 9.95. The molecule has 2 aliphatic heterocycles. The number of ether oxygens (including phenoxy) is 3. The van der Waals surface area contributed by atoms with Gasteiger partial charge in [0, 0.05) is 18.8 Å². The molecule has 1 fully saturated rings. The Morgan fingerprint density at radius 3 is 2.76 bits per heavy atom. The Kier molecular flexibility index (Phi) is 6.67. The number of hydrogen-bond donors (Lipinski definition) is 2. The number of amides is 1. The van der Waals surface area contributed by atoms with Gasteiger partial charge in [-0.3, -0.25) is 14.3 Å². The number of carboxylic acid groups (broad SMARTS) is 1. The number of carbonyl (C=O) groups is 2. The summed E-state index contributed by atoms with van der Waals surface area (Å²) >= 11 is 0. The van der Waals surface area contributed by atoms with Crippen LogP contribution in [-0.4, -0.2) is 69.3 Å². The molecule has 1 saturated heterocycles. The molecule has 2 aliphatic rings. The molecule has 2 aromatic rings. The van der Waals surface area contributed by atoms with Crippen molar-refractivity contribution in [3.8, 4) is 11.5 Å². The van der Waals surface area contributed by atoms with Crippen LogP contribution in [-0.2, 0) is 19.6 Å². The first kappa shape index (κ1) is 23.8. The van der Waals surface area contributed by atoms with Crippen LogP contribution in [0.15, 0.2) is 47.4 Å². The highest BCUT2D eigenvalue weighted by Gasteiger charge is 2.39. The van der Waals surface area contributed by atoms with Crippen molar-refractivity contribution in [2.24, 2.45) is 0 Å². The second-order valence-electron chi connectivity index (χ2n) is 8.26. The Morgan fingerprint density at radius 2 is 2.03 bits per heavy atom. The quantitative estimate of drug-likeness (QED) is 0.631. The first-order valence-electron chi connectivity index (χ1n) is 10.8. The van der Waals surface area contributed by atoms with Gasteiger partial charge in [-0.15, -0.1) is 0 Å². The van der Waals surface area contributed by atoms with Gasteiger partial charge in [-0.25, -0.2) is 8.42 Å². The number of aliphatic carboxylic acids is 1. The molecule has 2 heterocycles. The highest BCUT2D eigenvalue weighted by atomic mass is 32.2. The molecule has 2 N–H and O–H groups in total. The van der Waals surface area contributed by atoms with Crippen LogP contribution in [0.1, 0.15) is 29.6 Å². The number of carbonyl (C=O) groups excluding carboxylic acids is 1. The van der Waals surface area contributed by atoms with Gasteiger partial charge in [0.05, 0.1) is 36.1 Å². The number of nitrogens with zero attached hydrogens (tertiary/aromatic N) is 1. The van der Waals surface area contributed by atoms with Crippen LogP contribution in [0.25, 0.3) is 0 Å². The lowest BCUT2D eigenvalue weighted by Gasteiger charge is -2.42.